The Morgan fingerprint density at radius 1 is 0.737 bits per heavy atom. The monoisotopic (exact) mass is 260 g/mol. The lowest BCUT2D eigenvalue weighted by molar-refractivity contribution is 0.0130. The molecule has 1 aromatic carbocycles. The fourth-order valence-corrected chi connectivity index (χ4v) is 2.96. The molecular formula is C17H28N2. The van der Waals surface area contributed by atoms with Crippen molar-refractivity contribution in [2.75, 3.05) is 26.2 Å². The molecule has 1 aliphatic rings. The molecule has 0 radical (unpaired) electrons. The third-order valence-electron chi connectivity index (χ3n) is 4.50. The van der Waals surface area contributed by atoms with E-state index in [2.05, 4.69) is 74.8 Å². The molecule has 0 aromatic heterocycles. The largest absolute Gasteiger partial charge is 0.296 e. The summed E-state index contributed by atoms with van der Waals surface area (Å²) in [5.41, 5.74) is 1.84. The van der Waals surface area contributed by atoms with Gasteiger partial charge < -0.3 is 0 Å². The van der Waals surface area contributed by atoms with Crippen LogP contribution in [0.3, 0.4) is 0 Å². The van der Waals surface area contributed by atoms with Gasteiger partial charge in [0.2, 0.25) is 0 Å². The van der Waals surface area contributed by atoms with E-state index in [1.807, 2.05) is 0 Å². The summed E-state index contributed by atoms with van der Waals surface area (Å²) in [4.78, 5) is 5.20. The standard InChI is InChI=1S/C17H28N2/c1-16(2,3)18-11-13-19(14-12-18)17(4,5)15-9-7-6-8-10-15/h6-10H,11-14H2,1-5H3. The first-order chi connectivity index (χ1) is 8.82. The van der Waals surface area contributed by atoms with Crippen molar-refractivity contribution in [3.05, 3.63) is 35.9 Å². The Labute approximate surface area is 118 Å². The van der Waals surface area contributed by atoms with E-state index in [0.717, 1.165) is 13.1 Å². The van der Waals surface area contributed by atoms with Gasteiger partial charge in [0.1, 0.15) is 0 Å². The molecule has 2 rings (SSSR count). The molecular weight excluding hydrogens is 232 g/mol. The maximum absolute atomic E-state index is 2.62. The minimum atomic E-state index is 0.130. The van der Waals surface area contributed by atoms with E-state index in [9.17, 15) is 0 Å². The van der Waals surface area contributed by atoms with Crippen LogP contribution >= 0.6 is 0 Å². The molecule has 0 unspecified atom stereocenters. The van der Waals surface area contributed by atoms with Gasteiger partial charge in [0.05, 0.1) is 0 Å². The molecule has 1 heterocycles. The maximum atomic E-state index is 2.62. The van der Waals surface area contributed by atoms with Crippen LogP contribution in [0.1, 0.15) is 40.2 Å². The van der Waals surface area contributed by atoms with Crippen molar-refractivity contribution in [3.8, 4) is 0 Å². The molecule has 2 nitrogen and oxygen atoms in total. The average Bonchev–Trinajstić information content (AvgIpc) is 2.39. The zero-order chi connectivity index (χ0) is 14.1. The molecule has 1 aromatic rings. The Kier molecular flexibility index (Phi) is 4.03. The number of benzene rings is 1. The van der Waals surface area contributed by atoms with Gasteiger partial charge in [-0.3, -0.25) is 9.80 Å². The van der Waals surface area contributed by atoms with Gasteiger partial charge in [-0.05, 0) is 40.2 Å². The quantitative estimate of drug-likeness (QED) is 0.804. The van der Waals surface area contributed by atoms with E-state index in [1.54, 1.807) is 0 Å². The minimum Gasteiger partial charge on any atom is -0.296 e. The summed E-state index contributed by atoms with van der Waals surface area (Å²) in [6, 6.07) is 10.9. The third kappa shape index (κ3) is 3.18. The summed E-state index contributed by atoms with van der Waals surface area (Å²) in [5.74, 6) is 0. The fourth-order valence-electron chi connectivity index (χ4n) is 2.96. The second kappa shape index (κ2) is 5.26. The molecule has 0 saturated carbocycles. The number of nitrogens with zero attached hydrogens (tertiary/aromatic N) is 2. The van der Waals surface area contributed by atoms with Crippen molar-refractivity contribution in [2.24, 2.45) is 0 Å². The fraction of sp³-hybridized carbons (Fsp3) is 0.647. The maximum Gasteiger partial charge on any atom is 0.0405 e. The van der Waals surface area contributed by atoms with Crippen molar-refractivity contribution in [1.82, 2.24) is 9.80 Å². The molecule has 1 saturated heterocycles. The highest BCUT2D eigenvalue weighted by Gasteiger charge is 2.33. The van der Waals surface area contributed by atoms with Gasteiger partial charge in [-0.15, -0.1) is 0 Å². The van der Waals surface area contributed by atoms with E-state index < -0.39 is 0 Å². The van der Waals surface area contributed by atoms with E-state index >= 15 is 0 Å². The normalized spacial score (nSPS) is 19.6. The summed E-state index contributed by atoms with van der Waals surface area (Å²) in [7, 11) is 0. The van der Waals surface area contributed by atoms with Gasteiger partial charge in [0.25, 0.3) is 0 Å². The zero-order valence-electron chi connectivity index (χ0n) is 13.1. The molecule has 19 heavy (non-hydrogen) atoms. The molecule has 0 aliphatic carbocycles. The Morgan fingerprint density at radius 3 is 1.68 bits per heavy atom. The molecule has 1 fully saturated rings. The van der Waals surface area contributed by atoms with Gasteiger partial charge in [-0.1, -0.05) is 30.3 Å². The van der Waals surface area contributed by atoms with E-state index in [0.29, 0.717) is 5.54 Å². The van der Waals surface area contributed by atoms with E-state index in [4.69, 9.17) is 0 Å². The zero-order valence-corrected chi connectivity index (χ0v) is 13.1. The van der Waals surface area contributed by atoms with E-state index in [-0.39, 0.29) is 5.54 Å². The molecule has 0 bridgehead atoms. The van der Waals surface area contributed by atoms with Crippen LogP contribution in [-0.2, 0) is 5.54 Å². The summed E-state index contributed by atoms with van der Waals surface area (Å²) in [6.07, 6.45) is 0. The van der Waals surface area contributed by atoms with Crippen molar-refractivity contribution in [1.29, 1.82) is 0 Å². The summed E-state index contributed by atoms with van der Waals surface area (Å²) >= 11 is 0. The molecule has 0 amide bonds. The first kappa shape index (κ1) is 14.5. The molecule has 0 atom stereocenters. The van der Waals surface area contributed by atoms with Crippen molar-refractivity contribution in [3.63, 3.8) is 0 Å². The van der Waals surface area contributed by atoms with Crippen LogP contribution in [0.25, 0.3) is 0 Å². The smallest absolute Gasteiger partial charge is 0.0405 e. The lowest BCUT2D eigenvalue weighted by Crippen LogP contribution is -2.57. The van der Waals surface area contributed by atoms with Gasteiger partial charge in [-0.25, -0.2) is 0 Å². The Morgan fingerprint density at radius 2 is 1.21 bits per heavy atom. The van der Waals surface area contributed by atoms with Crippen molar-refractivity contribution < 1.29 is 0 Å². The van der Waals surface area contributed by atoms with Gasteiger partial charge >= 0.3 is 0 Å². The van der Waals surface area contributed by atoms with Crippen LogP contribution in [0.5, 0.6) is 0 Å². The molecule has 2 heteroatoms. The summed E-state index contributed by atoms with van der Waals surface area (Å²) < 4.78 is 0. The number of hydrogen-bond donors (Lipinski definition) is 0. The topological polar surface area (TPSA) is 6.48 Å². The first-order valence-electron chi connectivity index (χ1n) is 7.37. The highest BCUT2D eigenvalue weighted by molar-refractivity contribution is 5.23. The Bertz CT molecular complexity index is 395. The molecule has 0 spiro atoms. The molecule has 0 N–H and O–H groups in total. The van der Waals surface area contributed by atoms with E-state index in [1.165, 1.54) is 18.7 Å². The first-order valence-corrected chi connectivity index (χ1v) is 7.37. The Balaban J connectivity index is 2.05. The highest BCUT2D eigenvalue weighted by Crippen LogP contribution is 2.29. The summed E-state index contributed by atoms with van der Waals surface area (Å²) in [5, 5.41) is 0. The van der Waals surface area contributed by atoms with Crippen LogP contribution in [0, 0.1) is 0 Å². The van der Waals surface area contributed by atoms with Gasteiger partial charge in [-0.2, -0.15) is 0 Å². The summed E-state index contributed by atoms with van der Waals surface area (Å²) in [6.45, 7) is 16.3. The number of rotatable bonds is 2. The second-order valence-electron chi connectivity index (χ2n) is 7.07. The van der Waals surface area contributed by atoms with Gasteiger partial charge in [0.15, 0.2) is 0 Å². The average molecular weight is 260 g/mol. The van der Waals surface area contributed by atoms with Crippen LogP contribution in [0.15, 0.2) is 30.3 Å². The third-order valence-corrected chi connectivity index (χ3v) is 4.50. The van der Waals surface area contributed by atoms with Crippen molar-refractivity contribution >= 4 is 0 Å². The highest BCUT2D eigenvalue weighted by atomic mass is 15.3. The number of piperazine rings is 1. The lowest BCUT2D eigenvalue weighted by Gasteiger charge is -2.48. The van der Waals surface area contributed by atoms with Crippen LogP contribution in [0.2, 0.25) is 0 Å². The molecule has 106 valence electrons. The lowest BCUT2D eigenvalue weighted by atomic mass is 9.91. The predicted molar refractivity (Wildman–Crippen MR) is 82.4 cm³/mol. The van der Waals surface area contributed by atoms with Crippen molar-refractivity contribution in [2.45, 2.75) is 45.7 Å². The minimum absolute atomic E-state index is 0.130. The second-order valence-corrected chi connectivity index (χ2v) is 7.07. The van der Waals surface area contributed by atoms with Crippen LogP contribution < -0.4 is 0 Å². The number of hydrogen-bond acceptors (Lipinski definition) is 2. The SMILES string of the molecule is CC(C)(C)N1CCN(C(C)(C)c2ccccc2)CC1. The van der Waals surface area contributed by atoms with Crippen LogP contribution in [-0.4, -0.2) is 41.5 Å². The molecule has 1 aliphatic heterocycles. The Hall–Kier alpha value is -0.860. The predicted octanol–water partition coefficient (Wildman–Crippen LogP) is 3.34. The van der Waals surface area contributed by atoms with Gasteiger partial charge in [0, 0.05) is 37.3 Å². The van der Waals surface area contributed by atoms with Crippen LogP contribution in [0.4, 0.5) is 0 Å².